The average Bonchev–Trinajstić information content (AvgIpc) is 3.05. The van der Waals surface area contributed by atoms with E-state index < -0.39 is 0 Å². The van der Waals surface area contributed by atoms with Gasteiger partial charge in [0.25, 0.3) is 0 Å². The van der Waals surface area contributed by atoms with Crippen LogP contribution in [0.4, 0.5) is 0 Å². The average molecular weight is 240 g/mol. The summed E-state index contributed by atoms with van der Waals surface area (Å²) in [6.45, 7) is 4.02. The zero-order valence-electron chi connectivity index (χ0n) is 10.2. The van der Waals surface area contributed by atoms with Crippen LogP contribution in [0.5, 0.6) is 0 Å². The Hall–Kier alpha value is 0.270. The highest BCUT2D eigenvalue weighted by molar-refractivity contribution is 7.99. The fraction of sp³-hybridized carbons (Fsp3) is 1.00. The summed E-state index contributed by atoms with van der Waals surface area (Å²) in [7, 11) is 0. The Morgan fingerprint density at radius 3 is 2.62 bits per heavy atom. The molecule has 1 saturated carbocycles. The second-order valence-electron chi connectivity index (χ2n) is 5.68. The highest BCUT2D eigenvalue weighted by Crippen LogP contribution is 2.27. The summed E-state index contributed by atoms with van der Waals surface area (Å²) < 4.78 is 0. The summed E-state index contributed by atoms with van der Waals surface area (Å²) >= 11 is 2.14. The monoisotopic (exact) mass is 240 g/mol. The number of hydrogen-bond acceptors (Lipinski definition) is 3. The predicted molar refractivity (Wildman–Crippen MR) is 71.1 cm³/mol. The molecular weight excluding hydrogens is 216 g/mol. The lowest BCUT2D eigenvalue weighted by Gasteiger charge is -2.30. The van der Waals surface area contributed by atoms with Crippen LogP contribution in [0.1, 0.15) is 32.1 Å². The Labute approximate surface area is 104 Å². The van der Waals surface area contributed by atoms with Gasteiger partial charge in [-0.1, -0.05) is 0 Å². The van der Waals surface area contributed by atoms with E-state index in [1.807, 2.05) is 0 Å². The van der Waals surface area contributed by atoms with Crippen molar-refractivity contribution in [2.45, 2.75) is 44.2 Å². The summed E-state index contributed by atoms with van der Waals surface area (Å²) in [5.74, 6) is 3.73. The quantitative estimate of drug-likeness (QED) is 0.809. The third kappa shape index (κ3) is 2.93. The molecule has 3 aliphatic rings. The van der Waals surface area contributed by atoms with Gasteiger partial charge in [-0.25, -0.2) is 0 Å². The van der Waals surface area contributed by atoms with Crippen molar-refractivity contribution in [1.29, 1.82) is 0 Å². The van der Waals surface area contributed by atoms with E-state index in [0.29, 0.717) is 0 Å². The first-order valence-electron chi connectivity index (χ1n) is 6.97. The van der Waals surface area contributed by atoms with Gasteiger partial charge >= 0.3 is 0 Å². The van der Waals surface area contributed by atoms with Crippen molar-refractivity contribution in [3.05, 3.63) is 0 Å². The first-order chi connectivity index (χ1) is 7.92. The molecule has 0 bridgehead atoms. The van der Waals surface area contributed by atoms with Crippen LogP contribution in [0.2, 0.25) is 0 Å². The van der Waals surface area contributed by atoms with Gasteiger partial charge in [0.15, 0.2) is 0 Å². The van der Waals surface area contributed by atoms with E-state index in [-0.39, 0.29) is 0 Å². The van der Waals surface area contributed by atoms with Gasteiger partial charge in [-0.15, -0.1) is 0 Å². The van der Waals surface area contributed by atoms with Crippen molar-refractivity contribution in [2.24, 2.45) is 5.92 Å². The van der Waals surface area contributed by atoms with Crippen LogP contribution in [-0.4, -0.2) is 48.1 Å². The van der Waals surface area contributed by atoms with Crippen LogP contribution in [0.15, 0.2) is 0 Å². The maximum absolute atomic E-state index is 3.69. The minimum atomic E-state index is 0.889. The largest absolute Gasteiger partial charge is 0.314 e. The maximum Gasteiger partial charge on any atom is 0.0111 e. The molecule has 0 aromatic carbocycles. The summed E-state index contributed by atoms with van der Waals surface area (Å²) in [5, 5.41) is 3.69. The molecule has 1 aliphatic carbocycles. The van der Waals surface area contributed by atoms with Gasteiger partial charge in [0.2, 0.25) is 0 Å². The molecule has 2 aliphatic heterocycles. The predicted octanol–water partition coefficient (Wildman–Crippen LogP) is 1.96. The molecule has 2 saturated heterocycles. The molecule has 0 spiro atoms. The van der Waals surface area contributed by atoms with Gasteiger partial charge in [0, 0.05) is 18.6 Å². The van der Waals surface area contributed by atoms with E-state index in [2.05, 4.69) is 22.0 Å². The normalized spacial score (nSPS) is 33.4. The van der Waals surface area contributed by atoms with E-state index in [0.717, 1.165) is 18.0 Å². The lowest BCUT2D eigenvalue weighted by molar-refractivity contribution is 0.220. The molecule has 3 rings (SSSR count). The van der Waals surface area contributed by atoms with Crippen molar-refractivity contribution in [1.82, 2.24) is 10.2 Å². The van der Waals surface area contributed by atoms with Crippen molar-refractivity contribution in [2.75, 3.05) is 31.1 Å². The molecule has 2 heterocycles. The lowest BCUT2D eigenvalue weighted by atomic mass is 10.1. The van der Waals surface area contributed by atoms with E-state index in [1.165, 1.54) is 63.2 Å². The number of rotatable bonds is 4. The lowest BCUT2D eigenvalue weighted by Crippen LogP contribution is -2.37. The van der Waals surface area contributed by atoms with Gasteiger partial charge in [-0.2, -0.15) is 11.8 Å². The van der Waals surface area contributed by atoms with Crippen LogP contribution in [-0.2, 0) is 0 Å². The minimum absolute atomic E-state index is 0.889. The highest BCUT2D eigenvalue weighted by atomic mass is 32.2. The molecule has 92 valence electrons. The van der Waals surface area contributed by atoms with Crippen LogP contribution in [0.25, 0.3) is 0 Å². The fourth-order valence-corrected chi connectivity index (χ4v) is 4.11. The zero-order chi connectivity index (χ0) is 10.8. The molecule has 2 nitrogen and oxygen atoms in total. The van der Waals surface area contributed by atoms with Crippen LogP contribution < -0.4 is 5.32 Å². The fourth-order valence-electron chi connectivity index (χ4n) is 3.03. The van der Waals surface area contributed by atoms with Crippen molar-refractivity contribution in [3.63, 3.8) is 0 Å². The minimum Gasteiger partial charge on any atom is -0.314 e. The number of hydrogen-bond donors (Lipinski definition) is 1. The molecule has 0 aromatic heterocycles. The molecule has 1 unspecified atom stereocenters. The molecule has 1 N–H and O–H groups in total. The molecule has 0 aromatic rings. The van der Waals surface area contributed by atoms with E-state index in [4.69, 9.17) is 0 Å². The van der Waals surface area contributed by atoms with E-state index >= 15 is 0 Å². The summed E-state index contributed by atoms with van der Waals surface area (Å²) in [5.41, 5.74) is 0. The molecular formula is C13H24N2S. The Kier molecular flexibility index (Phi) is 3.75. The summed E-state index contributed by atoms with van der Waals surface area (Å²) in [6, 6.07) is 1.81. The smallest absolute Gasteiger partial charge is 0.0111 e. The van der Waals surface area contributed by atoms with E-state index in [1.54, 1.807) is 0 Å². The first kappa shape index (κ1) is 11.4. The highest BCUT2D eigenvalue weighted by Gasteiger charge is 2.30. The third-order valence-corrected chi connectivity index (χ3v) is 5.35. The number of nitrogens with zero attached hydrogens (tertiary/aromatic N) is 1. The second-order valence-corrected chi connectivity index (χ2v) is 6.90. The Morgan fingerprint density at radius 2 is 1.88 bits per heavy atom. The van der Waals surface area contributed by atoms with E-state index in [9.17, 15) is 0 Å². The Bertz CT molecular complexity index is 224. The molecule has 0 amide bonds. The molecule has 16 heavy (non-hydrogen) atoms. The maximum atomic E-state index is 3.69. The topological polar surface area (TPSA) is 15.3 Å². The third-order valence-electron chi connectivity index (χ3n) is 4.30. The summed E-state index contributed by atoms with van der Waals surface area (Å²) in [4.78, 5) is 2.78. The SMILES string of the molecule is C1CC(N2CCC(CNC3CC3)C2)CCS1. The van der Waals surface area contributed by atoms with Crippen LogP contribution in [0, 0.1) is 5.92 Å². The van der Waals surface area contributed by atoms with Gasteiger partial charge in [0.1, 0.15) is 0 Å². The van der Waals surface area contributed by atoms with Crippen molar-refractivity contribution < 1.29 is 0 Å². The van der Waals surface area contributed by atoms with Gasteiger partial charge in [0.05, 0.1) is 0 Å². The van der Waals surface area contributed by atoms with Crippen molar-refractivity contribution in [3.8, 4) is 0 Å². The number of nitrogens with one attached hydrogen (secondary N) is 1. The molecule has 1 atom stereocenters. The Morgan fingerprint density at radius 1 is 1.06 bits per heavy atom. The zero-order valence-corrected chi connectivity index (χ0v) is 11.0. The van der Waals surface area contributed by atoms with Crippen molar-refractivity contribution >= 4 is 11.8 Å². The molecule has 3 heteroatoms. The van der Waals surface area contributed by atoms with Gasteiger partial charge < -0.3 is 5.32 Å². The first-order valence-corrected chi connectivity index (χ1v) is 8.12. The number of likely N-dealkylation sites (tertiary alicyclic amines) is 1. The molecule has 0 radical (unpaired) electrons. The summed E-state index contributed by atoms with van der Waals surface area (Å²) in [6.07, 6.45) is 7.16. The van der Waals surface area contributed by atoms with Gasteiger partial charge in [-0.05, 0) is 62.6 Å². The molecule has 3 fully saturated rings. The van der Waals surface area contributed by atoms with Gasteiger partial charge in [-0.3, -0.25) is 4.90 Å². The van der Waals surface area contributed by atoms with Crippen LogP contribution in [0.3, 0.4) is 0 Å². The standard InChI is InChI=1S/C13H24N2S/c1-2-12(1)14-9-11-3-6-15(10-11)13-4-7-16-8-5-13/h11-14H,1-10H2. The second kappa shape index (κ2) is 5.28. The Balaban J connectivity index is 1.40. The van der Waals surface area contributed by atoms with Crippen LogP contribution >= 0.6 is 11.8 Å². The number of thioether (sulfide) groups is 1.